The van der Waals surface area contributed by atoms with Gasteiger partial charge < -0.3 is 5.73 Å². The van der Waals surface area contributed by atoms with Gasteiger partial charge in [0.05, 0.1) is 0 Å². The number of alkyl halides is 1. The molecule has 0 radical (unpaired) electrons. The van der Waals surface area contributed by atoms with Crippen LogP contribution in [0.25, 0.3) is 0 Å². The summed E-state index contributed by atoms with van der Waals surface area (Å²) in [6.07, 6.45) is 10.8. The Labute approximate surface area is 81.0 Å². The minimum absolute atomic E-state index is 0.0803. The molecule has 2 rings (SSSR count). The number of rotatable bonds is 2. The van der Waals surface area contributed by atoms with Crippen LogP contribution in [0, 0.1) is 0 Å². The quantitative estimate of drug-likeness (QED) is 0.425. The second-order valence-electron chi connectivity index (χ2n) is 3.48. The molecule has 0 heterocycles. The zero-order valence-corrected chi connectivity index (χ0v) is 8.42. The fraction of sp³-hybridized carbons (Fsp3) is 0.556. The van der Waals surface area contributed by atoms with Crippen LogP contribution < -0.4 is 11.1 Å². The van der Waals surface area contributed by atoms with Crippen molar-refractivity contribution in [3.8, 4) is 0 Å². The van der Waals surface area contributed by atoms with Crippen molar-refractivity contribution in [2.45, 2.75) is 29.4 Å². The summed E-state index contributed by atoms with van der Waals surface area (Å²) in [6, 6.07) is 0.768. The Balaban J connectivity index is 2.00. The highest BCUT2D eigenvalue weighted by Gasteiger charge is 2.31. The Morgan fingerprint density at radius 2 is 1.92 bits per heavy atom. The van der Waals surface area contributed by atoms with Crippen molar-refractivity contribution < 1.29 is 0 Å². The second kappa shape index (κ2) is 2.98. The predicted molar refractivity (Wildman–Crippen MR) is 54.1 cm³/mol. The lowest BCUT2D eigenvalue weighted by atomic mass is 10.1. The number of nitrogens with two attached hydrogens (primary N) is 1. The Bertz CT molecular complexity index is 217. The fourth-order valence-corrected chi connectivity index (χ4v) is 1.89. The van der Waals surface area contributed by atoms with Gasteiger partial charge in [0.2, 0.25) is 0 Å². The van der Waals surface area contributed by atoms with E-state index in [2.05, 4.69) is 33.4 Å². The van der Waals surface area contributed by atoms with Gasteiger partial charge in [-0.25, -0.2) is 0 Å². The largest absolute Gasteiger partial charge is 0.321 e. The van der Waals surface area contributed by atoms with Crippen LogP contribution in [0.3, 0.4) is 0 Å². The Morgan fingerprint density at radius 3 is 2.42 bits per heavy atom. The van der Waals surface area contributed by atoms with E-state index in [0.717, 1.165) is 0 Å². The average Bonchev–Trinajstić information content (AvgIpc) is 2.80. The summed E-state index contributed by atoms with van der Waals surface area (Å²) in [6.45, 7) is 0. The van der Waals surface area contributed by atoms with Crippen LogP contribution in [-0.4, -0.2) is 16.5 Å². The van der Waals surface area contributed by atoms with E-state index in [1.165, 1.54) is 12.8 Å². The Morgan fingerprint density at radius 1 is 1.33 bits per heavy atom. The minimum Gasteiger partial charge on any atom is -0.321 e. The monoisotopic (exact) mass is 228 g/mol. The normalized spacial score (nSPS) is 40.3. The molecule has 0 saturated heterocycles. The predicted octanol–water partition coefficient (Wildman–Crippen LogP) is 1.28. The molecule has 0 aromatic carbocycles. The summed E-state index contributed by atoms with van der Waals surface area (Å²) >= 11 is 3.62. The van der Waals surface area contributed by atoms with E-state index in [9.17, 15) is 0 Å². The molecule has 0 bridgehead atoms. The van der Waals surface area contributed by atoms with Gasteiger partial charge in [-0.3, -0.25) is 5.32 Å². The third-order valence-electron chi connectivity index (χ3n) is 2.12. The maximum Gasteiger partial charge on any atom is 0.112 e. The maximum absolute atomic E-state index is 5.68. The summed E-state index contributed by atoms with van der Waals surface area (Å²) in [5.41, 5.74) is 5.68. The highest BCUT2D eigenvalue weighted by Crippen LogP contribution is 2.29. The van der Waals surface area contributed by atoms with E-state index < -0.39 is 0 Å². The molecule has 2 nitrogen and oxygen atoms in total. The minimum atomic E-state index is -0.135. The average molecular weight is 229 g/mol. The first-order valence-electron chi connectivity index (χ1n) is 4.29. The van der Waals surface area contributed by atoms with Crippen LogP contribution in [0.2, 0.25) is 0 Å². The van der Waals surface area contributed by atoms with Gasteiger partial charge in [-0.15, -0.1) is 0 Å². The molecule has 66 valence electrons. The zero-order chi connectivity index (χ0) is 8.60. The lowest BCUT2D eigenvalue weighted by Crippen LogP contribution is -2.39. The molecule has 0 amide bonds. The van der Waals surface area contributed by atoms with Gasteiger partial charge in [-0.05, 0) is 12.8 Å². The van der Waals surface area contributed by atoms with Crippen molar-refractivity contribution in [1.82, 2.24) is 5.32 Å². The molecule has 3 heteroatoms. The second-order valence-corrected chi connectivity index (χ2v) is 4.79. The van der Waals surface area contributed by atoms with Gasteiger partial charge in [-0.1, -0.05) is 40.2 Å². The Kier molecular flexibility index (Phi) is 2.10. The third kappa shape index (κ3) is 1.97. The molecule has 0 aromatic rings. The van der Waals surface area contributed by atoms with Gasteiger partial charge in [0, 0.05) is 12.1 Å². The van der Waals surface area contributed by atoms with Crippen LogP contribution >= 0.6 is 15.9 Å². The molecular weight excluding hydrogens is 216 g/mol. The third-order valence-corrected chi connectivity index (χ3v) is 2.88. The first-order valence-corrected chi connectivity index (χ1v) is 5.08. The van der Waals surface area contributed by atoms with Crippen molar-refractivity contribution >= 4 is 15.9 Å². The van der Waals surface area contributed by atoms with E-state index in [-0.39, 0.29) is 10.5 Å². The van der Waals surface area contributed by atoms with E-state index in [4.69, 9.17) is 5.73 Å². The molecule has 1 fully saturated rings. The van der Waals surface area contributed by atoms with Crippen molar-refractivity contribution in [3.63, 3.8) is 0 Å². The smallest absolute Gasteiger partial charge is 0.112 e. The topological polar surface area (TPSA) is 38.0 Å². The van der Waals surface area contributed by atoms with Gasteiger partial charge in [-0.2, -0.15) is 0 Å². The molecular formula is C9H13BrN2. The molecule has 1 saturated carbocycles. The molecule has 0 aromatic heterocycles. The van der Waals surface area contributed by atoms with Crippen LogP contribution in [0.15, 0.2) is 24.3 Å². The number of halogens is 1. The van der Waals surface area contributed by atoms with E-state index in [0.29, 0.717) is 6.04 Å². The SMILES string of the molecule is NC1C=CC(Br)(NC2CC2)C=C1. The van der Waals surface area contributed by atoms with Gasteiger partial charge in [0.15, 0.2) is 0 Å². The van der Waals surface area contributed by atoms with Gasteiger partial charge >= 0.3 is 0 Å². The summed E-state index contributed by atoms with van der Waals surface area (Å²) in [5, 5.41) is 3.48. The lowest BCUT2D eigenvalue weighted by molar-refractivity contribution is 0.630. The van der Waals surface area contributed by atoms with Crippen LogP contribution in [0.4, 0.5) is 0 Å². The standard InChI is InChI=1S/C9H13BrN2/c10-9(12-8-1-2-8)5-3-7(11)4-6-9/h3-8,12H,1-2,11H2. The number of nitrogens with one attached hydrogen (secondary N) is 1. The van der Waals surface area contributed by atoms with E-state index in [1.54, 1.807) is 0 Å². The van der Waals surface area contributed by atoms with Gasteiger partial charge in [0.25, 0.3) is 0 Å². The first-order chi connectivity index (χ1) is 5.68. The maximum atomic E-state index is 5.68. The van der Waals surface area contributed by atoms with Crippen LogP contribution in [0.5, 0.6) is 0 Å². The summed E-state index contributed by atoms with van der Waals surface area (Å²) < 4.78 is -0.135. The Hall–Kier alpha value is -0.120. The molecule has 2 aliphatic rings. The van der Waals surface area contributed by atoms with E-state index in [1.807, 2.05) is 12.2 Å². The summed E-state index contributed by atoms with van der Waals surface area (Å²) in [4.78, 5) is 0. The fourth-order valence-electron chi connectivity index (χ4n) is 1.26. The number of hydrogen-bond acceptors (Lipinski definition) is 2. The van der Waals surface area contributed by atoms with Crippen molar-refractivity contribution in [3.05, 3.63) is 24.3 Å². The molecule has 0 aliphatic heterocycles. The summed E-state index contributed by atoms with van der Waals surface area (Å²) in [7, 11) is 0. The van der Waals surface area contributed by atoms with E-state index >= 15 is 0 Å². The highest BCUT2D eigenvalue weighted by atomic mass is 79.9. The van der Waals surface area contributed by atoms with Crippen molar-refractivity contribution in [2.75, 3.05) is 0 Å². The molecule has 2 aliphatic carbocycles. The van der Waals surface area contributed by atoms with Crippen LogP contribution in [-0.2, 0) is 0 Å². The lowest BCUT2D eigenvalue weighted by Gasteiger charge is -2.25. The molecule has 12 heavy (non-hydrogen) atoms. The van der Waals surface area contributed by atoms with Crippen LogP contribution in [0.1, 0.15) is 12.8 Å². The number of hydrogen-bond donors (Lipinski definition) is 2. The zero-order valence-electron chi connectivity index (χ0n) is 6.83. The van der Waals surface area contributed by atoms with Crippen molar-refractivity contribution in [1.29, 1.82) is 0 Å². The molecule has 3 N–H and O–H groups in total. The molecule has 0 spiro atoms. The first kappa shape index (κ1) is 8.48. The molecule has 0 unspecified atom stereocenters. The molecule has 0 atom stereocenters. The van der Waals surface area contributed by atoms with Crippen molar-refractivity contribution in [2.24, 2.45) is 5.73 Å². The highest BCUT2D eigenvalue weighted by molar-refractivity contribution is 9.10. The summed E-state index contributed by atoms with van der Waals surface area (Å²) in [5.74, 6) is 0. The van der Waals surface area contributed by atoms with Gasteiger partial charge in [0.1, 0.15) is 4.45 Å².